The highest BCUT2D eigenvalue weighted by molar-refractivity contribution is 7.17. The molecule has 8 heteroatoms. The zero-order valence-corrected chi connectivity index (χ0v) is 18.1. The van der Waals surface area contributed by atoms with Gasteiger partial charge in [-0.25, -0.2) is 9.37 Å². The van der Waals surface area contributed by atoms with Crippen LogP contribution in [0.15, 0.2) is 24.4 Å². The Morgan fingerprint density at radius 1 is 1.30 bits per heavy atom. The minimum atomic E-state index is -0.481. The molecule has 2 saturated heterocycles. The lowest BCUT2D eigenvalue weighted by Crippen LogP contribution is -2.48. The first kappa shape index (κ1) is 20.9. The third-order valence-corrected chi connectivity index (χ3v) is 7.12. The van der Waals surface area contributed by atoms with Crippen LogP contribution in [0.2, 0.25) is 0 Å². The van der Waals surface area contributed by atoms with Gasteiger partial charge in [-0.05, 0) is 56.3 Å². The summed E-state index contributed by atoms with van der Waals surface area (Å²) >= 11 is 1.39. The van der Waals surface area contributed by atoms with Crippen LogP contribution in [0.1, 0.15) is 47.8 Å². The Bertz CT molecular complexity index is 909. The number of nitrogens with one attached hydrogen (secondary N) is 2. The van der Waals surface area contributed by atoms with Gasteiger partial charge in [0, 0.05) is 43.1 Å². The summed E-state index contributed by atoms with van der Waals surface area (Å²) in [7, 11) is 0. The third kappa shape index (κ3) is 4.70. The molecule has 2 aliphatic rings. The van der Waals surface area contributed by atoms with Crippen LogP contribution in [0, 0.1) is 17.1 Å². The number of carbonyl (C=O) groups is 1. The quantitative estimate of drug-likeness (QED) is 0.698. The number of rotatable bonds is 5. The summed E-state index contributed by atoms with van der Waals surface area (Å²) < 4.78 is 13.5. The molecule has 0 spiro atoms. The zero-order valence-electron chi connectivity index (χ0n) is 17.2. The first-order valence-electron chi connectivity index (χ1n) is 10.6. The lowest BCUT2D eigenvalue weighted by molar-refractivity contribution is 0.103. The first-order chi connectivity index (χ1) is 14.5. The highest BCUT2D eigenvalue weighted by Gasteiger charge is 2.28. The second-order valence-corrected chi connectivity index (χ2v) is 9.31. The van der Waals surface area contributed by atoms with Gasteiger partial charge < -0.3 is 15.6 Å². The first-order valence-corrected chi connectivity index (χ1v) is 11.4. The van der Waals surface area contributed by atoms with Crippen molar-refractivity contribution >= 4 is 34.3 Å². The maximum absolute atomic E-state index is 13.5. The highest BCUT2D eigenvalue weighted by Crippen LogP contribution is 2.29. The molecule has 1 amide bonds. The van der Waals surface area contributed by atoms with Gasteiger partial charge >= 0.3 is 0 Å². The Morgan fingerprint density at radius 3 is 2.83 bits per heavy atom. The van der Waals surface area contributed by atoms with E-state index in [1.165, 1.54) is 55.5 Å². The smallest absolute Gasteiger partial charge is 0.267 e. The molecule has 3 heterocycles. The Hall–Kier alpha value is -2.32. The molecule has 0 bridgehead atoms. The number of hydrogen-bond donors (Lipinski definition) is 2. The number of likely N-dealkylation sites (tertiary alicyclic amines) is 1. The predicted molar refractivity (Wildman–Crippen MR) is 120 cm³/mol. The largest absolute Gasteiger partial charge is 0.348 e. The molecule has 0 saturated carbocycles. The molecule has 160 valence electrons. The van der Waals surface area contributed by atoms with E-state index in [9.17, 15) is 9.18 Å². The number of amides is 1. The Kier molecular flexibility index (Phi) is 6.43. The third-order valence-electron chi connectivity index (χ3n) is 6.07. The normalized spacial score (nSPS) is 20.9. The van der Waals surface area contributed by atoms with Gasteiger partial charge in [-0.1, -0.05) is 18.3 Å². The molecule has 1 atom stereocenters. The van der Waals surface area contributed by atoms with E-state index in [-0.39, 0.29) is 11.5 Å². The number of thiazole rings is 1. The molecule has 2 N–H and O–H groups in total. The van der Waals surface area contributed by atoms with E-state index in [1.807, 2.05) is 0 Å². The molecule has 2 fully saturated rings. The van der Waals surface area contributed by atoms with Crippen LogP contribution in [0.5, 0.6) is 0 Å². The molecular formula is C22H28FN5OS. The van der Waals surface area contributed by atoms with Crippen LogP contribution < -0.4 is 10.2 Å². The van der Waals surface area contributed by atoms with Crippen molar-refractivity contribution in [2.24, 2.45) is 5.92 Å². The zero-order chi connectivity index (χ0) is 21.1. The Morgan fingerprint density at radius 2 is 2.10 bits per heavy atom. The standard InChI is InChI=1S/C22H28FN5OS/c1-15-3-2-8-28(14-15)18-6-9-27(10-7-18)22-25-13-20(30-22)21(29)26-17-4-5-19(23)16(11-17)12-24/h4-5,11-13,15,18,24H,2-3,6-10,14H2,1H3,(H,26,29)/t15-/m1/s1. The van der Waals surface area contributed by atoms with Crippen molar-refractivity contribution in [2.45, 2.75) is 38.6 Å². The summed E-state index contributed by atoms with van der Waals surface area (Å²) in [5.74, 6) is 0.0528. The van der Waals surface area contributed by atoms with E-state index in [1.54, 1.807) is 6.20 Å². The second-order valence-electron chi connectivity index (χ2n) is 8.30. The van der Waals surface area contributed by atoms with Gasteiger partial charge in [0.1, 0.15) is 10.7 Å². The highest BCUT2D eigenvalue weighted by atomic mass is 32.1. The van der Waals surface area contributed by atoms with Crippen molar-refractivity contribution in [1.82, 2.24) is 9.88 Å². The van der Waals surface area contributed by atoms with E-state index in [0.717, 1.165) is 43.2 Å². The lowest BCUT2D eigenvalue weighted by Gasteiger charge is -2.41. The van der Waals surface area contributed by atoms with E-state index in [2.05, 4.69) is 27.0 Å². The Labute approximate surface area is 180 Å². The maximum atomic E-state index is 13.5. The molecule has 6 nitrogen and oxygen atoms in total. The van der Waals surface area contributed by atoms with E-state index >= 15 is 0 Å². The average molecular weight is 430 g/mol. The summed E-state index contributed by atoms with van der Waals surface area (Å²) in [6.07, 6.45) is 7.46. The molecule has 1 aromatic carbocycles. The topological polar surface area (TPSA) is 72.3 Å². The summed E-state index contributed by atoms with van der Waals surface area (Å²) in [6.45, 7) is 6.71. The van der Waals surface area contributed by atoms with E-state index < -0.39 is 5.82 Å². The van der Waals surface area contributed by atoms with Gasteiger partial charge in [0.15, 0.2) is 5.13 Å². The number of aromatic nitrogens is 1. The lowest BCUT2D eigenvalue weighted by atomic mass is 9.95. The van der Waals surface area contributed by atoms with Gasteiger partial charge in [0.2, 0.25) is 0 Å². The minimum absolute atomic E-state index is 0.142. The van der Waals surface area contributed by atoms with Crippen LogP contribution in [0.3, 0.4) is 0 Å². The average Bonchev–Trinajstić information content (AvgIpc) is 3.26. The molecule has 0 aliphatic carbocycles. The predicted octanol–water partition coefficient (Wildman–Crippen LogP) is 4.23. The van der Waals surface area contributed by atoms with Gasteiger partial charge in [-0.15, -0.1) is 0 Å². The molecule has 2 aromatic rings. The van der Waals surface area contributed by atoms with Crippen LogP contribution in [0.25, 0.3) is 0 Å². The SMILES string of the molecule is C[C@@H]1CCCN(C2CCN(c3ncc(C(=O)Nc4ccc(F)c(C=N)c4)s3)CC2)C1. The summed E-state index contributed by atoms with van der Waals surface area (Å²) in [6, 6.07) is 4.86. The van der Waals surface area contributed by atoms with Crippen molar-refractivity contribution in [3.8, 4) is 0 Å². The van der Waals surface area contributed by atoms with Crippen LogP contribution in [-0.4, -0.2) is 54.2 Å². The van der Waals surface area contributed by atoms with Crippen molar-refractivity contribution in [1.29, 1.82) is 5.41 Å². The van der Waals surface area contributed by atoms with Gasteiger partial charge in [0.05, 0.1) is 6.20 Å². The molecule has 4 rings (SSSR count). The number of hydrogen-bond acceptors (Lipinski definition) is 6. The number of halogens is 1. The molecule has 2 aliphatic heterocycles. The minimum Gasteiger partial charge on any atom is -0.348 e. The van der Waals surface area contributed by atoms with Crippen molar-refractivity contribution in [3.63, 3.8) is 0 Å². The Balaban J connectivity index is 1.34. The summed E-state index contributed by atoms with van der Waals surface area (Å²) in [5, 5.41) is 10.9. The fourth-order valence-electron chi connectivity index (χ4n) is 4.42. The van der Waals surface area contributed by atoms with Crippen molar-refractivity contribution in [3.05, 3.63) is 40.7 Å². The van der Waals surface area contributed by atoms with Crippen LogP contribution in [0.4, 0.5) is 15.2 Å². The fraction of sp³-hybridized carbons (Fsp3) is 0.500. The summed E-state index contributed by atoms with van der Waals surface area (Å²) in [5.41, 5.74) is 0.607. The van der Waals surface area contributed by atoms with Crippen molar-refractivity contribution < 1.29 is 9.18 Å². The number of piperidine rings is 2. The number of benzene rings is 1. The van der Waals surface area contributed by atoms with Crippen LogP contribution in [-0.2, 0) is 0 Å². The number of carbonyl (C=O) groups excluding carboxylic acids is 1. The summed E-state index contributed by atoms with van der Waals surface area (Å²) in [4.78, 5) is 22.5. The molecule has 1 aromatic heterocycles. The molecule has 0 unspecified atom stereocenters. The van der Waals surface area contributed by atoms with Crippen molar-refractivity contribution in [2.75, 3.05) is 36.4 Å². The van der Waals surface area contributed by atoms with Gasteiger partial charge in [-0.3, -0.25) is 9.69 Å². The maximum Gasteiger partial charge on any atom is 0.267 e. The second kappa shape index (κ2) is 9.22. The molecule has 0 radical (unpaired) electrons. The number of nitrogens with zero attached hydrogens (tertiary/aromatic N) is 3. The molecular weight excluding hydrogens is 401 g/mol. The van der Waals surface area contributed by atoms with Gasteiger partial charge in [0.25, 0.3) is 5.91 Å². The van der Waals surface area contributed by atoms with E-state index in [0.29, 0.717) is 16.6 Å². The van der Waals surface area contributed by atoms with Crippen LogP contribution >= 0.6 is 11.3 Å². The number of anilines is 2. The van der Waals surface area contributed by atoms with E-state index in [4.69, 9.17) is 5.41 Å². The fourth-order valence-corrected chi connectivity index (χ4v) is 5.28. The monoisotopic (exact) mass is 429 g/mol. The van der Waals surface area contributed by atoms with Gasteiger partial charge in [-0.2, -0.15) is 0 Å². The molecule has 30 heavy (non-hydrogen) atoms.